The molecule has 1 aliphatic rings. The van der Waals surface area contributed by atoms with Gasteiger partial charge in [0, 0.05) is 13.1 Å². The van der Waals surface area contributed by atoms with Gasteiger partial charge in [-0.25, -0.2) is 0 Å². The number of carbonyl (C=O) groups is 1. The number of unbranched alkanes of at least 4 members (excludes halogenated alkanes) is 1. The number of aliphatic hydroxyl groups is 1. The molecule has 1 heterocycles. The fraction of sp³-hybridized carbons (Fsp3) is 0.929. The Morgan fingerprint density at radius 2 is 2.33 bits per heavy atom. The van der Waals surface area contributed by atoms with Gasteiger partial charge in [0.15, 0.2) is 0 Å². The Morgan fingerprint density at radius 3 is 3.00 bits per heavy atom. The smallest absolute Gasteiger partial charge is 0.307 e. The molecule has 0 radical (unpaired) electrons. The van der Waals surface area contributed by atoms with Crippen molar-refractivity contribution in [3.63, 3.8) is 0 Å². The molecule has 0 bridgehead atoms. The molecule has 0 aromatic rings. The number of hydrogen-bond acceptors (Lipinski definition) is 4. The average Bonchev–Trinajstić information content (AvgIpc) is 2.37. The maximum Gasteiger partial charge on any atom is 0.307 e. The summed E-state index contributed by atoms with van der Waals surface area (Å²) in [5.74, 6) is 0.262. The van der Waals surface area contributed by atoms with E-state index in [-0.39, 0.29) is 12.1 Å². The molecule has 106 valence electrons. The molecule has 1 fully saturated rings. The minimum atomic E-state index is -0.246. The Bertz CT molecular complexity index is 243. The SMILES string of the molecule is CCCCOC(=O)CCN1CCCC(C(C)O)C1. The van der Waals surface area contributed by atoms with E-state index in [1.807, 2.05) is 6.92 Å². The van der Waals surface area contributed by atoms with Crippen molar-refractivity contribution in [1.82, 2.24) is 4.90 Å². The molecule has 0 amide bonds. The molecule has 2 atom stereocenters. The predicted octanol–water partition coefficient (Wildman–Crippen LogP) is 1.81. The van der Waals surface area contributed by atoms with Gasteiger partial charge >= 0.3 is 5.97 Å². The van der Waals surface area contributed by atoms with Gasteiger partial charge in [-0.15, -0.1) is 0 Å². The van der Waals surface area contributed by atoms with Gasteiger partial charge in [0.05, 0.1) is 19.1 Å². The number of rotatable bonds is 7. The van der Waals surface area contributed by atoms with Crippen molar-refractivity contribution in [3.05, 3.63) is 0 Å². The summed E-state index contributed by atoms with van der Waals surface area (Å²) in [5, 5.41) is 9.60. The highest BCUT2D eigenvalue weighted by molar-refractivity contribution is 5.69. The van der Waals surface area contributed by atoms with Gasteiger partial charge in [-0.05, 0) is 38.6 Å². The van der Waals surface area contributed by atoms with E-state index >= 15 is 0 Å². The minimum absolute atomic E-state index is 0.0948. The number of carbonyl (C=O) groups excluding carboxylic acids is 1. The summed E-state index contributed by atoms with van der Waals surface area (Å²) >= 11 is 0. The van der Waals surface area contributed by atoms with Crippen molar-refractivity contribution in [2.24, 2.45) is 5.92 Å². The summed E-state index contributed by atoms with van der Waals surface area (Å²) in [6.45, 7) is 7.18. The quantitative estimate of drug-likeness (QED) is 0.558. The topological polar surface area (TPSA) is 49.8 Å². The average molecular weight is 257 g/mol. The van der Waals surface area contributed by atoms with Gasteiger partial charge in [-0.1, -0.05) is 13.3 Å². The fourth-order valence-electron chi connectivity index (χ4n) is 2.34. The van der Waals surface area contributed by atoms with Crippen molar-refractivity contribution in [3.8, 4) is 0 Å². The van der Waals surface area contributed by atoms with E-state index in [9.17, 15) is 9.90 Å². The van der Waals surface area contributed by atoms with E-state index in [4.69, 9.17) is 4.74 Å². The molecule has 0 aromatic heterocycles. The largest absolute Gasteiger partial charge is 0.466 e. The van der Waals surface area contributed by atoms with Crippen molar-refractivity contribution in [2.75, 3.05) is 26.2 Å². The van der Waals surface area contributed by atoms with Gasteiger partial charge < -0.3 is 14.7 Å². The molecule has 1 rings (SSSR count). The second kappa shape index (κ2) is 8.48. The van der Waals surface area contributed by atoms with Crippen molar-refractivity contribution < 1.29 is 14.6 Å². The van der Waals surface area contributed by atoms with E-state index < -0.39 is 0 Å². The first-order chi connectivity index (χ1) is 8.63. The molecule has 18 heavy (non-hydrogen) atoms. The van der Waals surface area contributed by atoms with E-state index in [1.165, 1.54) is 0 Å². The van der Waals surface area contributed by atoms with E-state index in [0.29, 0.717) is 18.9 Å². The Labute approximate surface area is 110 Å². The van der Waals surface area contributed by atoms with Crippen LogP contribution in [0.25, 0.3) is 0 Å². The second-order valence-electron chi connectivity index (χ2n) is 5.27. The standard InChI is InChI=1S/C14H27NO3/c1-3-4-10-18-14(17)7-9-15-8-5-6-13(11-15)12(2)16/h12-13,16H,3-11H2,1-2H3. The van der Waals surface area contributed by atoms with Gasteiger partial charge in [-0.2, -0.15) is 0 Å². The maximum absolute atomic E-state index is 11.5. The highest BCUT2D eigenvalue weighted by Gasteiger charge is 2.23. The first-order valence-electron chi connectivity index (χ1n) is 7.19. The highest BCUT2D eigenvalue weighted by atomic mass is 16.5. The van der Waals surface area contributed by atoms with Crippen LogP contribution in [0.15, 0.2) is 0 Å². The summed E-state index contributed by atoms with van der Waals surface area (Å²) in [5.41, 5.74) is 0. The van der Waals surface area contributed by atoms with Crippen LogP contribution in [0.1, 0.15) is 46.0 Å². The molecule has 1 aliphatic heterocycles. The minimum Gasteiger partial charge on any atom is -0.466 e. The third-order valence-corrected chi connectivity index (χ3v) is 3.62. The number of aliphatic hydroxyl groups excluding tert-OH is 1. The second-order valence-corrected chi connectivity index (χ2v) is 5.27. The molecule has 0 saturated carbocycles. The Kier molecular flexibility index (Phi) is 7.28. The lowest BCUT2D eigenvalue weighted by molar-refractivity contribution is -0.144. The van der Waals surface area contributed by atoms with Crippen LogP contribution in [0.3, 0.4) is 0 Å². The van der Waals surface area contributed by atoms with Crippen LogP contribution < -0.4 is 0 Å². The first kappa shape index (κ1) is 15.4. The lowest BCUT2D eigenvalue weighted by Gasteiger charge is -2.33. The number of likely N-dealkylation sites (tertiary alicyclic amines) is 1. The van der Waals surface area contributed by atoms with Crippen LogP contribution in [-0.4, -0.2) is 48.3 Å². The molecule has 4 nitrogen and oxygen atoms in total. The zero-order valence-electron chi connectivity index (χ0n) is 11.7. The van der Waals surface area contributed by atoms with Crippen molar-refractivity contribution >= 4 is 5.97 Å². The molecule has 2 unspecified atom stereocenters. The van der Waals surface area contributed by atoms with Gasteiger partial charge in [0.1, 0.15) is 0 Å². The molecular weight excluding hydrogens is 230 g/mol. The molecule has 1 N–H and O–H groups in total. The molecular formula is C14H27NO3. The first-order valence-corrected chi connectivity index (χ1v) is 7.19. The van der Waals surface area contributed by atoms with Crippen LogP contribution in [-0.2, 0) is 9.53 Å². The van der Waals surface area contributed by atoms with Gasteiger partial charge in [-0.3, -0.25) is 4.79 Å². The Morgan fingerprint density at radius 1 is 1.56 bits per heavy atom. The van der Waals surface area contributed by atoms with Crippen LogP contribution in [0, 0.1) is 5.92 Å². The van der Waals surface area contributed by atoms with E-state index in [2.05, 4.69) is 11.8 Å². The maximum atomic E-state index is 11.5. The van der Waals surface area contributed by atoms with Crippen LogP contribution in [0.5, 0.6) is 0 Å². The lowest BCUT2D eigenvalue weighted by atomic mass is 9.93. The third kappa shape index (κ3) is 5.83. The highest BCUT2D eigenvalue weighted by Crippen LogP contribution is 2.19. The summed E-state index contributed by atoms with van der Waals surface area (Å²) in [4.78, 5) is 13.7. The lowest BCUT2D eigenvalue weighted by Crippen LogP contribution is -2.40. The van der Waals surface area contributed by atoms with E-state index in [1.54, 1.807) is 0 Å². The molecule has 4 heteroatoms. The van der Waals surface area contributed by atoms with Crippen molar-refractivity contribution in [2.45, 2.75) is 52.1 Å². The predicted molar refractivity (Wildman–Crippen MR) is 71.3 cm³/mol. The molecule has 0 spiro atoms. The number of piperidine rings is 1. The zero-order valence-corrected chi connectivity index (χ0v) is 11.7. The fourth-order valence-corrected chi connectivity index (χ4v) is 2.34. The number of ether oxygens (including phenoxy) is 1. The van der Waals surface area contributed by atoms with Crippen LogP contribution in [0.2, 0.25) is 0 Å². The Balaban J connectivity index is 2.16. The van der Waals surface area contributed by atoms with Crippen molar-refractivity contribution in [1.29, 1.82) is 0 Å². The normalized spacial score (nSPS) is 22.7. The molecule has 0 aliphatic carbocycles. The Hall–Kier alpha value is -0.610. The molecule has 0 aromatic carbocycles. The zero-order chi connectivity index (χ0) is 13.4. The number of nitrogens with zero attached hydrogens (tertiary/aromatic N) is 1. The summed E-state index contributed by atoms with van der Waals surface area (Å²) in [6, 6.07) is 0. The summed E-state index contributed by atoms with van der Waals surface area (Å²) < 4.78 is 5.13. The third-order valence-electron chi connectivity index (χ3n) is 3.62. The number of hydrogen-bond donors (Lipinski definition) is 1. The number of esters is 1. The van der Waals surface area contributed by atoms with E-state index in [0.717, 1.165) is 45.3 Å². The summed E-state index contributed by atoms with van der Waals surface area (Å²) in [6.07, 6.45) is 4.42. The van der Waals surface area contributed by atoms with Crippen LogP contribution in [0.4, 0.5) is 0 Å². The van der Waals surface area contributed by atoms with Gasteiger partial charge in [0.25, 0.3) is 0 Å². The van der Waals surface area contributed by atoms with Gasteiger partial charge in [0.2, 0.25) is 0 Å². The summed E-state index contributed by atoms with van der Waals surface area (Å²) in [7, 11) is 0. The molecule has 1 saturated heterocycles. The monoisotopic (exact) mass is 257 g/mol. The van der Waals surface area contributed by atoms with Crippen LogP contribution >= 0.6 is 0 Å².